The molecule has 0 saturated carbocycles. The van der Waals surface area contributed by atoms with Gasteiger partial charge in [0, 0.05) is 18.2 Å². The van der Waals surface area contributed by atoms with E-state index in [-0.39, 0.29) is 18.7 Å². The molecule has 0 aliphatic carbocycles. The number of aryl methyl sites for hydroxylation is 1. The molecule has 164 valence electrons. The molecule has 4 aromatic rings. The van der Waals surface area contributed by atoms with Crippen molar-refractivity contribution in [3.05, 3.63) is 97.0 Å². The first-order valence-corrected chi connectivity index (χ1v) is 10.7. The number of carbonyl (C=O) groups is 1. The minimum absolute atomic E-state index is 0.119. The Morgan fingerprint density at radius 1 is 1.09 bits per heavy atom. The fraction of sp³-hybridized carbons (Fsp3) is 0.174. The topological polar surface area (TPSA) is 73.1 Å². The predicted octanol–water partition coefficient (Wildman–Crippen LogP) is 3.43. The minimum Gasteiger partial charge on any atom is -0.350 e. The van der Waals surface area contributed by atoms with E-state index in [9.17, 15) is 23.2 Å². The molecular weight excluding hydrogens is 436 g/mol. The summed E-state index contributed by atoms with van der Waals surface area (Å²) in [5.74, 6) is -2.03. The summed E-state index contributed by atoms with van der Waals surface area (Å²) in [5, 5.41) is 4.22. The van der Waals surface area contributed by atoms with Gasteiger partial charge in [0.05, 0.1) is 11.2 Å². The highest BCUT2D eigenvalue weighted by molar-refractivity contribution is 7.17. The second kappa shape index (κ2) is 8.51. The Bertz CT molecular complexity index is 1470. The maximum absolute atomic E-state index is 13.8. The smallest absolute Gasteiger partial charge is 0.336 e. The molecule has 0 unspecified atom stereocenters. The van der Waals surface area contributed by atoms with Crippen LogP contribution in [0.4, 0.5) is 8.78 Å². The Labute approximate surface area is 185 Å². The molecule has 9 heteroatoms. The molecule has 0 spiro atoms. The number of halogens is 2. The van der Waals surface area contributed by atoms with E-state index >= 15 is 0 Å². The van der Waals surface area contributed by atoms with Gasteiger partial charge in [0.15, 0.2) is 0 Å². The van der Waals surface area contributed by atoms with Crippen molar-refractivity contribution in [1.29, 1.82) is 0 Å². The third kappa shape index (κ3) is 3.87. The fourth-order valence-corrected chi connectivity index (χ4v) is 4.31. The first kappa shape index (κ1) is 21.6. The highest BCUT2D eigenvalue weighted by Crippen LogP contribution is 2.19. The van der Waals surface area contributed by atoms with Crippen molar-refractivity contribution in [2.45, 2.75) is 26.9 Å². The molecular formula is C23H19F2N3O3S. The Morgan fingerprint density at radius 2 is 1.88 bits per heavy atom. The minimum atomic E-state index is -0.772. The van der Waals surface area contributed by atoms with Gasteiger partial charge >= 0.3 is 5.69 Å². The summed E-state index contributed by atoms with van der Waals surface area (Å²) < 4.78 is 29.6. The molecule has 0 aliphatic rings. The lowest BCUT2D eigenvalue weighted by molar-refractivity contribution is -0.121. The van der Waals surface area contributed by atoms with Crippen LogP contribution in [-0.4, -0.2) is 15.0 Å². The standard InChI is InChI=1S/C23H19F2N3O3S/c1-13-4-3-5-18(14(13)2)28-22(30)21-19(8-9-32-21)27(23(28)31)12-20(29)26-11-15-6-7-16(24)10-17(15)25/h3-10H,11-12H2,1-2H3,(H,26,29). The van der Waals surface area contributed by atoms with E-state index in [4.69, 9.17) is 0 Å². The second-order valence-corrected chi connectivity index (χ2v) is 8.29. The second-order valence-electron chi connectivity index (χ2n) is 7.38. The molecule has 2 aromatic carbocycles. The summed E-state index contributed by atoms with van der Waals surface area (Å²) in [6, 6.07) is 10.0. The van der Waals surface area contributed by atoms with Gasteiger partial charge < -0.3 is 5.32 Å². The van der Waals surface area contributed by atoms with Gasteiger partial charge in [-0.15, -0.1) is 11.3 Å². The Kier molecular flexibility index (Phi) is 5.75. The first-order valence-electron chi connectivity index (χ1n) is 9.78. The molecule has 0 atom stereocenters. The van der Waals surface area contributed by atoms with E-state index in [2.05, 4.69) is 5.32 Å². The summed E-state index contributed by atoms with van der Waals surface area (Å²) in [5.41, 5.74) is 1.55. The number of nitrogens with one attached hydrogen (secondary N) is 1. The van der Waals surface area contributed by atoms with Crippen LogP contribution in [0.25, 0.3) is 15.9 Å². The average molecular weight is 455 g/mol. The van der Waals surface area contributed by atoms with Crippen molar-refractivity contribution < 1.29 is 13.6 Å². The van der Waals surface area contributed by atoms with Crippen LogP contribution < -0.4 is 16.6 Å². The van der Waals surface area contributed by atoms with Gasteiger partial charge in [-0.3, -0.25) is 14.2 Å². The van der Waals surface area contributed by atoms with Crippen molar-refractivity contribution >= 4 is 27.5 Å². The highest BCUT2D eigenvalue weighted by atomic mass is 32.1. The summed E-state index contributed by atoms with van der Waals surface area (Å²) in [6.07, 6.45) is 0. The number of hydrogen-bond acceptors (Lipinski definition) is 4. The molecule has 2 heterocycles. The van der Waals surface area contributed by atoms with Crippen molar-refractivity contribution in [3.8, 4) is 5.69 Å². The van der Waals surface area contributed by atoms with Crippen molar-refractivity contribution in [2.75, 3.05) is 0 Å². The van der Waals surface area contributed by atoms with Gasteiger partial charge in [0.1, 0.15) is 22.9 Å². The zero-order chi connectivity index (χ0) is 23.0. The molecule has 1 N–H and O–H groups in total. The van der Waals surface area contributed by atoms with E-state index in [1.165, 1.54) is 22.0 Å². The van der Waals surface area contributed by atoms with Gasteiger partial charge in [-0.2, -0.15) is 0 Å². The quantitative estimate of drug-likeness (QED) is 0.501. The van der Waals surface area contributed by atoms with Crippen LogP contribution in [0.5, 0.6) is 0 Å². The maximum atomic E-state index is 13.8. The van der Waals surface area contributed by atoms with Crippen molar-refractivity contribution in [1.82, 2.24) is 14.5 Å². The lowest BCUT2D eigenvalue weighted by Crippen LogP contribution is -2.41. The Hall–Kier alpha value is -3.59. The molecule has 6 nitrogen and oxygen atoms in total. The first-order chi connectivity index (χ1) is 15.3. The summed E-state index contributed by atoms with van der Waals surface area (Å²) in [4.78, 5) is 39.0. The number of nitrogens with zero attached hydrogens (tertiary/aromatic N) is 2. The average Bonchev–Trinajstić information content (AvgIpc) is 3.24. The fourth-order valence-electron chi connectivity index (χ4n) is 3.49. The van der Waals surface area contributed by atoms with Crippen LogP contribution in [0.15, 0.2) is 57.4 Å². The predicted molar refractivity (Wildman–Crippen MR) is 119 cm³/mol. The van der Waals surface area contributed by atoms with Gasteiger partial charge in [-0.25, -0.2) is 18.1 Å². The highest BCUT2D eigenvalue weighted by Gasteiger charge is 2.19. The van der Waals surface area contributed by atoms with E-state index in [0.717, 1.165) is 27.8 Å². The van der Waals surface area contributed by atoms with E-state index in [1.54, 1.807) is 23.6 Å². The summed E-state index contributed by atoms with van der Waals surface area (Å²) in [6.45, 7) is 3.18. The number of thiophene rings is 1. The number of rotatable bonds is 5. The van der Waals surface area contributed by atoms with Gasteiger partial charge in [0.25, 0.3) is 5.56 Å². The molecule has 0 saturated heterocycles. The summed E-state index contributed by atoms with van der Waals surface area (Å²) >= 11 is 1.19. The van der Waals surface area contributed by atoms with E-state index in [0.29, 0.717) is 15.9 Å². The summed E-state index contributed by atoms with van der Waals surface area (Å²) in [7, 11) is 0. The SMILES string of the molecule is Cc1cccc(-n2c(=O)c3sccc3n(CC(=O)NCc3ccc(F)cc3F)c2=O)c1C. The third-order valence-corrected chi connectivity index (χ3v) is 6.26. The van der Waals surface area contributed by atoms with Crippen LogP contribution in [0.3, 0.4) is 0 Å². The van der Waals surface area contributed by atoms with Crippen LogP contribution in [0.2, 0.25) is 0 Å². The zero-order valence-electron chi connectivity index (χ0n) is 17.3. The maximum Gasteiger partial charge on any atom is 0.336 e. The number of amides is 1. The molecule has 0 radical (unpaired) electrons. The molecule has 0 fully saturated rings. The van der Waals surface area contributed by atoms with Gasteiger partial charge in [-0.05, 0) is 48.6 Å². The number of aromatic nitrogens is 2. The monoisotopic (exact) mass is 455 g/mol. The van der Waals surface area contributed by atoms with Gasteiger partial charge in [0.2, 0.25) is 5.91 Å². The molecule has 32 heavy (non-hydrogen) atoms. The van der Waals surface area contributed by atoms with Crippen molar-refractivity contribution in [2.24, 2.45) is 0 Å². The van der Waals surface area contributed by atoms with Crippen molar-refractivity contribution in [3.63, 3.8) is 0 Å². The third-order valence-electron chi connectivity index (χ3n) is 5.36. The molecule has 1 amide bonds. The largest absolute Gasteiger partial charge is 0.350 e. The molecule has 0 bridgehead atoms. The number of hydrogen-bond donors (Lipinski definition) is 1. The zero-order valence-corrected chi connectivity index (χ0v) is 18.1. The van der Waals surface area contributed by atoms with Crippen LogP contribution in [-0.2, 0) is 17.9 Å². The molecule has 4 rings (SSSR count). The molecule has 0 aliphatic heterocycles. The van der Waals surface area contributed by atoms with Crippen LogP contribution >= 0.6 is 11.3 Å². The van der Waals surface area contributed by atoms with Gasteiger partial charge in [-0.1, -0.05) is 18.2 Å². The van der Waals surface area contributed by atoms with E-state index in [1.807, 2.05) is 19.9 Å². The Balaban J connectivity index is 1.72. The number of fused-ring (bicyclic) bond motifs is 1. The normalized spacial score (nSPS) is 11.1. The lowest BCUT2D eigenvalue weighted by Gasteiger charge is -2.15. The Morgan fingerprint density at radius 3 is 2.62 bits per heavy atom. The number of carbonyl (C=O) groups excluding carboxylic acids is 1. The lowest BCUT2D eigenvalue weighted by atomic mass is 10.1. The molecule has 2 aromatic heterocycles. The van der Waals surface area contributed by atoms with Crippen LogP contribution in [0.1, 0.15) is 16.7 Å². The van der Waals surface area contributed by atoms with E-state index < -0.39 is 28.8 Å². The van der Waals surface area contributed by atoms with Crippen LogP contribution in [0, 0.1) is 25.5 Å². The number of benzene rings is 2.